The highest BCUT2D eigenvalue weighted by Gasteiger charge is 1.96. The van der Waals surface area contributed by atoms with Crippen molar-refractivity contribution in [3.63, 3.8) is 0 Å². The van der Waals surface area contributed by atoms with Crippen LogP contribution in [0.4, 0.5) is 0 Å². The molecule has 50 valence electrons. The van der Waals surface area contributed by atoms with Gasteiger partial charge in [-0.3, -0.25) is 0 Å². The highest BCUT2D eigenvalue weighted by molar-refractivity contribution is 4.71. The second-order valence-electron chi connectivity index (χ2n) is 1.80. The SMILES string of the molecule is Cc1nnnn1CC[NH3+]. The first-order chi connectivity index (χ1) is 4.34. The molecule has 0 saturated carbocycles. The maximum absolute atomic E-state index is 3.72. The molecule has 0 atom stereocenters. The third-order valence-corrected chi connectivity index (χ3v) is 1.08. The fourth-order valence-electron chi connectivity index (χ4n) is 0.606. The van der Waals surface area contributed by atoms with E-state index in [0.717, 1.165) is 18.9 Å². The second kappa shape index (κ2) is 2.54. The third kappa shape index (κ3) is 1.23. The lowest BCUT2D eigenvalue weighted by molar-refractivity contribution is -0.370. The van der Waals surface area contributed by atoms with Crippen LogP contribution < -0.4 is 5.73 Å². The highest BCUT2D eigenvalue weighted by Crippen LogP contribution is 1.84. The van der Waals surface area contributed by atoms with Crippen LogP contribution in [0.3, 0.4) is 0 Å². The van der Waals surface area contributed by atoms with Crippen LogP contribution in [0.1, 0.15) is 5.82 Å². The Labute approximate surface area is 52.8 Å². The molecule has 0 aliphatic carbocycles. The van der Waals surface area contributed by atoms with Crippen LogP contribution in [-0.4, -0.2) is 26.8 Å². The predicted octanol–water partition coefficient (Wildman–Crippen LogP) is -1.78. The first kappa shape index (κ1) is 6.15. The van der Waals surface area contributed by atoms with Gasteiger partial charge < -0.3 is 5.73 Å². The van der Waals surface area contributed by atoms with Crippen molar-refractivity contribution < 1.29 is 5.73 Å². The maximum Gasteiger partial charge on any atom is 0.148 e. The Morgan fingerprint density at radius 2 is 2.44 bits per heavy atom. The molecule has 5 heteroatoms. The summed E-state index contributed by atoms with van der Waals surface area (Å²) in [5.41, 5.74) is 3.69. The summed E-state index contributed by atoms with van der Waals surface area (Å²) in [6, 6.07) is 0. The van der Waals surface area contributed by atoms with Crippen LogP contribution in [0.25, 0.3) is 0 Å². The lowest BCUT2D eigenvalue weighted by atomic mass is 10.6. The monoisotopic (exact) mass is 128 g/mol. The van der Waals surface area contributed by atoms with Crippen molar-refractivity contribution >= 4 is 0 Å². The summed E-state index contributed by atoms with van der Waals surface area (Å²) in [7, 11) is 0. The summed E-state index contributed by atoms with van der Waals surface area (Å²) in [6.07, 6.45) is 0. The molecule has 0 unspecified atom stereocenters. The first-order valence-corrected chi connectivity index (χ1v) is 2.86. The average molecular weight is 128 g/mol. The molecule has 1 rings (SSSR count). The van der Waals surface area contributed by atoms with Gasteiger partial charge in [-0.15, -0.1) is 5.10 Å². The Morgan fingerprint density at radius 3 is 2.89 bits per heavy atom. The molecule has 1 aromatic rings. The maximum atomic E-state index is 3.72. The molecule has 5 nitrogen and oxygen atoms in total. The van der Waals surface area contributed by atoms with E-state index < -0.39 is 0 Å². The van der Waals surface area contributed by atoms with Gasteiger partial charge in [0.1, 0.15) is 5.82 Å². The lowest BCUT2D eigenvalue weighted by Crippen LogP contribution is -2.52. The molecule has 1 aromatic heterocycles. The minimum absolute atomic E-state index is 0.804. The van der Waals surface area contributed by atoms with Crippen molar-refractivity contribution in [3.05, 3.63) is 5.82 Å². The summed E-state index contributed by atoms with van der Waals surface area (Å²) in [6.45, 7) is 3.50. The highest BCUT2D eigenvalue weighted by atomic mass is 15.5. The largest absolute Gasteiger partial charge is 0.356 e. The average Bonchev–Trinajstić information content (AvgIpc) is 2.18. The van der Waals surface area contributed by atoms with Crippen LogP contribution in [0.5, 0.6) is 0 Å². The zero-order valence-corrected chi connectivity index (χ0v) is 5.41. The van der Waals surface area contributed by atoms with E-state index in [1.807, 2.05) is 6.92 Å². The number of hydrogen-bond donors (Lipinski definition) is 1. The first-order valence-electron chi connectivity index (χ1n) is 2.86. The van der Waals surface area contributed by atoms with E-state index in [1.165, 1.54) is 0 Å². The van der Waals surface area contributed by atoms with Gasteiger partial charge in [0, 0.05) is 0 Å². The number of tetrazole rings is 1. The van der Waals surface area contributed by atoms with Crippen molar-refractivity contribution in [1.29, 1.82) is 0 Å². The summed E-state index contributed by atoms with van der Waals surface area (Å²) < 4.78 is 1.73. The molecule has 0 bridgehead atoms. The zero-order chi connectivity index (χ0) is 6.69. The molecule has 0 aromatic carbocycles. The van der Waals surface area contributed by atoms with Crippen molar-refractivity contribution in [3.8, 4) is 0 Å². The van der Waals surface area contributed by atoms with Crippen molar-refractivity contribution in [2.24, 2.45) is 0 Å². The minimum atomic E-state index is 0.804. The van der Waals surface area contributed by atoms with Crippen LogP contribution in [-0.2, 0) is 6.54 Å². The molecule has 0 saturated heterocycles. The van der Waals surface area contributed by atoms with E-state index in [9.17, 15) is 0 Å². The van der Waals surface area contributed by atoms with Gasteiger partial charge in [-0.25, -0.2) is 4.68 Å². The summed E-state index contributed by atoms with van der Waals surface area (Å²) in [5, 5.41) is 10.9. The Balaban J connectivity index is 2.69. The van der Waals surface area contributed by atoms with Gasteiger partial charge in [-0.05, 0) is 17.4 Å². The van der Waals surface area contributed by atoms with E-state index in [1.54, 1.807) is 4.68 Å². The van der Waals surface area contributed by atoms with Crippen molar-refractivity contribution in [2.45, 2.75) is 13.5 Å². The number of hydrogen-bond acceptors (Lipinski definition) is 3. The molecule has 9 heavy (non-hydrogen) atoms. The topological polar surface area (TPSA) is 71.2 Å². The van der Waals surface area contributed by atoms with Gasteiger partial charge in [-0.1, -0.05) is 0 Å². The van der Waals surface area contributed by atoms with Crippen LogP contribution in [0.15, 0.2) is 0 Å². The summed E-state index contributed by atoms with van der Waals surface area (Å²) >= 11 is 0. The van der Waals surface area contributed by atoms with Gasteiger partial charge in [-0.2, -0.15) is 0 Å². The third-order valence-electron chi connectivity index (χ3n) is 1.08. The molecule has 0 amide bonds. The van der Waals surface area contributed by atoms with Gasteiger partial charge in [0.15, 0.2) is 0 Å². The van der Waals surface area contributed by atoms with Gasteiger partial charge in [0.2, 0.25) is 0 Å². The molecule has 0 aliphatic heterocycles. The number of quaternary nitrogens is 1. The van der Waals surface area contributed by atoms with Crippen LogP contribution in [0.2, 0.25) is 0 Å². The number of nitrogens with zero attached hydrogens (tertiary/aromatic N) is 4. The summed E-state index contributed by atoms with van der Waals surface area (Å²) in [4.78, 5) is 0. The van der Waals surface area contributed by atoms with E-state index >= 15 is 0 Å². The molecule has 3 N–H and O–H groups in total. The number of rotatable bonds is 2. The van der Waals surface area contributed by atoms with Crippen molar-refractivity contribution in [2.75, 3.05) is 6.54 Å². The zero-order valence-electron chi connectivity index (χ0n) is 5.41. The number of aryl methyl sites for hydroxylation is 1. The molecule has 0 radical (unpaired) electrons. The molecule has 1 heterocycles. The van der Waals surface area contributed by atoms with Crippen molar-refractivity contribution in [1.82, 2.24) is 20.2 Å². The fourth-order valence-corrected chi connectivity index (χ4v) is 0.606. The minimum Gasteiger partial charge on any atom is -0.356 e. The second-order valence-corrected chi connectivity index (χ2v) is 1.80. The van der Waals surface area contributed by atoms with E-state index in [2.05, 4.69) is 21.3 Å². The lowest BCUT2D eigenvalue weighted by Gasteiger charge is -1.92. The molecular formula is C4H10N5+. The Morgan fingerprint density at radius 1 is 1.67 bits per heavy atom. The number of aromatic nitrogens is 4. The normalized spacial score (nSPS) is 10.0. The molecule has 0 spiro atoms. The quantitative estimate of drug-likeness (QED) is 0.512. The van der Waals surface area contributed by atoms with Gasteiger partial charge >= 0.3 is 0 Å². The molecule has 0 aliphatic rings. The standard InChI is InChI=1S/C4H9N5/c1-4-6-7-8-9(4)3-2-5/h2-3,5H2,1H3/p+1. The van der Waals surface area contributed by atoms with E-state index in [4.69, 9.17) is 0 Å². The Hall–Kier alpha value is -0.970. The Kier molecular flexibility index (Phi) is 1.74. The summed E-state index contributed by atoms with van der Waals surface area (Å²) in [5.74, 6) is 0.846. The van der Waals surface area contributed by atoms with Crippen LogP contribution >= 0.6 is 0 Å². The van der Waals surface area contributed by atoms with E-state index in [0.29, 0.717) is 0 Å². The Bertz CT molecular complexity index is 181. The molecular weight excluding hydrogens is 118 g/mol. The molecule has 0 fully saturated rings. The predicted molar refractivity (Wildman–Crippen MR) is 30.3 cm³/mol. The smallest absolute Gasteiger partial charge is 0.148 e. The van der Waals surface area contributed by atoms with Crippen LogP contribution in [0, 0.1) is 6.92 Å². The van der Waals surface area contributed by atoms with Gasteiger partial charge in [0.05, 0.1) is 13.1 Å². The van der Waals surface area contributed by atoms with E-state index in [-0.39, 0.29) is 0 Å². The fraction of sp³-hybridized carbons (Fsp3) is 0.750. The van der Waals surface area contributed by atoms with Gasteiger partial charge in [0.25, 0.3) is 0 Å².